The normalized spacial score (nSPS) is 10.2. The van der Waals surface area contributed by atoms with Crippen LogP contribution in [0.3, 0.4) is 0 Å². The molecule has 128 valence electrons. The molecule has 1 amide bonds. The molecule has 0 aliphatic carbocycles. The van der Waals surface area contributed by atoms with Crippen molar-refractivity contribution < 1.29 is 14.3 Å². The smallest absolute Gasteiger partial charge is 0.255 e. The number of anilines is 1. The predicted molar refractivity (Wildman–Crippen MR) is 102 cm³/mol. The number of hydrogen-bond donors (Lipinski definition) is 3. The zero-order valence-corrected chi connectivity index (χ0v) is 15.5. The van der Waals surface area contributed by atoms with E-state index in [0.717, 1.165) is 14.8 Å². The van der Waals surface area contributed by atoms with Gasteiger partial charge in [0.05, 0.1) is 10.2 Å². The van der Waals surface area contributed by atoms with Gasteiger partial charge in [-0.25, -0.2) is 5.43 Å². The third kappa shape index (κ3) is 5.57. The lowest BCUT2D eigenvalue weighted by molar-refractivity contribution is -0.119. The number of nitrogens with two attached hydrogens (primary N) is 1. The van der Waals surface area contributed by atoms with Gasteiger partial charge in [0.15, 0.2) is 18.1 Å². The minimum absolute atomic E-state index is 0.177. The Balaban J connectivity index is 2.05. The van der Waals surface area contributed by atoms with Crippen molar-refractivity contribution in [3.63, 3.8) is 0 Å². The van der Waals surface area contributed by atoms with E-state index >= 15 is 0 Å². The first kappa shape index (κ1) is 18.3. The number of carbonyl (C=O) groups is 1. The minimum atomic E-state index is -0.522. The first-order valence-electron chi connectivity index (χ1n) is 7.50. The van der Waals surface area contributed by atoms with Gasteiger partial charge in [-0.05, 0) is 59.3 Å². The molecule has 2 aromatic rings. The van der Waals surface area contributed by atoms with Crippen LogP contribution in [0.5, 0.6) is 11.5 Å². The predicted octanol–water partition coefficient (Wildman–Crippen LogP) is 2.67. The highest BCUT2D eigenvalue weighted by Gasteiger charge is 2.13. The van der Waals surface area contributed by atoms with Crippen molar-refractivity contribution in [3.8, 4) is 11.5 Å². The molecule has 0 aliphatic heterocycles. The number of nitrogens with one attached hydrogen (secondary N) is 2. The van der Waals surface area contributed by atoms with E-state index in [0.29, 0.717) is 24.7 Å². The second-order valence-electron chi connectivity index (χ2n) is 4.94. The zero-order chi connectivity index (χ0) is 17.4. The maximum Gasteiger partial charge on any atom is 0.255 e. The lowest BCUT2D eigenvalue weighted by atomic mass is 10.2. The van der Waals surface area contributed by atoms with Crippen molar-refractivity contribution in [3.05, 3.63) is 51.6 Å². The topological polar surface area (TPSA) is 85.6 Å². The number of hydrazine groups is 1. The molecule has 0 aliphatic rings. The minimum Gasteiger partial charge on any atom is -0.490 e. The zero-order valence-electron chi connectivity index (χ0n) is 13.3. The summed E-state index contributed by atoms with van der Waals surface area (Å²) in [6.45, 7) is 2.82. The Labute approximate surface area is 154 Å². The summed E-state index contributed by atoms with van der Waals surface area (Å²) in [5.74, 6) is 0.615. The maximum absolute atomic E-state index is 10.9. The van der Waals surface area contributed by atoms with Crippen LogP contribution >= 0.6 is 22.6 Å². The Kier molecular flexibility index (Phi) is 7.13. The van der Waals surface area contributed by atoms with E-state index in [2.05, 4.69) is 33.4 Å². The Hall–Kier alpha value is -2.00. The van der Waals surface area contributed by atoms with E-state index in [4.69, 9.17) is 15.2 Å². The van der Waals surface area contributed by atoms with E-state index in [1.807, 2.05) is 49.4 Å². The highest BCUT2D eigenvalue weighted by molar-refractivity contribution is 14.1. The number of amides is 1. The van der Waals surface area contributed by atoms with Crippen molar-refractivity contribution in [1.82, 2.24) is 5.43 Å². The summed E-state index contributed by atoms with van der Waals surface area (Å²) in [6, 6.07) is 13.7. The molecule has 0 atom stereocenters. The van der Waals surface area contributed by atoms with Gasteiger partial charge in [-0.15, -0.1) is 0 Å². The Morgan fingerprint density at radius 3 is 2.62 bits per heavy atom. The first-order chi connectivity index (χ1) is 11.6. The molecule has 0 radical (unpaired) electrons. The quantitative estimate of drug-likeness (QED) is 0.412. The van der Waals surface area contributed by atoms with Crippen molar-refractivity contribution in [2.45, 2.75) is 13.5 Å². The summed E-state index contributed by atoms with van der Waals surface area (Å²) in [5, 5.41) is 0. The van der Waals surface area contributed by atoms with E-state index in [1.165, 1.54) is 0 Å². The molecule has 0 saturated carbocycles. The molecule has 0 saturated heterocycles. The Morgan fingerprint density at radius 1 is 1.21 bits per heavy atom. The standard InChI is InChI=1S/C17H20IN3O3/c1-2-23-15-9-12(8-14(18)17(15)24-11-16(19)22)10-20-21-13-6-4-3-5-7-13/h3-9,20-21H,2,10-11H2,1H3,(H2,19,22). The molecule has 4 N–H and O–H groups in total. The van der Waals surface area contributed by atoms with Gasteiger partial charge >= 0.3 is 0 Å². The van der Waals surface area contributed by atoms with Gasteiger partial charge in [0.25, 0.3) is 5.91 Å². The highest BCUT2D eigenvalue weighted by Crippen LogP contribution is 2.34. The Bertz CT molecular complexity index is 680. The van der Waals surface area contributed by atoms with Crippen LogP contribution in [0, 0.1) is 3.57 Å². The van der Waals surface area contributed by atoms with Crippen LogP contribution in [0.2, 0.25) is 0 Å². The second kappa shape index (κ2) is 9.33. The van der Waals surface area contributed by atoms with E-state index in [-0.39, 0.29) is 6.61 Å². The van der Waals surface area contributed by atoms with Crippen molar-refractivity contribution in [2.24, 2.45) is 5.73 Å². The van der Waals surface area contributed by atoms with Gasteiger partial charge in [0, 0.05) is 12.2 Å². The molecule has 0 aromatic heterocycles. The molecule has 7 heteroatoms. The number of primary amides is 1. The second-order valence-corrected chi connectivity index (χ2v) is 6.10. The van der Waals surface area contributed by atoms with Crippen LogP contribution in [0.4, 0.5) is 5.69 Å². The first-order valence-corrected chi connectivity index (χ1v) is 8.58. The van der Waals surface area contributed by atoms with Crippen LogP contribution in [0.1, 0.15) is 12.5 Å². The molecule has 6 nitrogen and oxygen atoms in total. The SMILES string of the molecule is CCOc1cc(CNNc2ccccc2)cc(I)c1OCC(N)=O. The van der Waals surface area contributed by atoms with Crippen LogP contribution in [0.15, 0.2) is 42.5 Å². The molecule has 0 unspecified atom stereocenters. The van der Waals surface area contributed by atoms with Crippen molar-refractivity contribution >= 4 is 34.2 Å². The van der Waals surface area contributed by atoms with Crippen molar-refractivity contribution in [1.29, 1.82) is 0 Å². The number of hydrogen-bond acceptors (Lipinski definition) is 5. The molecule has 0 heterocycles. The number of benzene rings is 2. The maximum atomic E-state index is 10.9. The molecule has 2 aromatic carbocycles. The molecule has 2 rings (SSSR count). The average Bonchev–Trinajstić information content (AvgIpc) is 2.55. The van der Waals surface area contributed by atoms with E-state index < -0.39 is 5.91 Å². The lowest BCUT2D eigenvalue weighted by Crippen LogP contribution is -2.22. The summed E-state index contributed by atoms with van der Waals surface area (Å²) >= 11 is 2.16. The molecular weight excluding hydrogens is 421 g/mol. The van der Waals surface area contributed by atoms with E-state index in [9.17, 15) is 4.79 Å². The van der Waals surface area contributed by atoms with Gasteiger partial charge in [-0.3, -0.25) is 4.79 Å². The monoisotopic (exact) mass is 441 g/mol. The summed E-state index contributed by atoms with van der Waals surface area (Å²) < 4.78 is 12.0. The summed E-state index contributed by atoms with van der Waals surface area (Å²) in [4.78, 5) is 10.9. The molecular formula is C17H20IN3O3. The number of para-hydroxylation sites is 1. The molecule has 0 bridgehead atoms. The van der Waals surface area contributed by atoms with Gasteiger partial charge in [0.1, 0.15) is 0 Å². The molecule has 0 spiro atoms. The number of carbonyl (C=O) groups excluding carboxylic acids is 1. The number of rotatable bonds is 9. The Morgan fingerprint density at radius 2 is 1.96 bits per heavy atom. The molecule has 0 fully saturated rings. The van der Waals surface area contributed by atoms with Gasteiger partial charge in [0.2, 0.25) is 0 Å². The number of ether oxygens (including phenoxy) is 2. The van der Waals surface area contributed by atoms with Gasteiger partial charge in [-0.1, -0.05) is 18.2 Å². The van der Waals surface area contributed by atoms with Gasteiger partial charge in [-0.2, -0.15) is 0 Å². The third-order valence-electron chi connectivity index (χ3n) is 3.03. The van der Waals surface area contributed by atoms with E-state index in [1.54, 1.807) is 0 Å². The van der Waals surface area contributed by atoms with Crippen molar-refractivity contribution in [2.75, 3.05) is 18.6 Å². The van der Waals surface area contributed by atoms with Crippen LogP contribution in [0.25, 0.3) is 0 Å². The number of halogens is 1. The fourth-order valence-electron chi connectivity index (χ4n) is 2.04. The summed E-state index contributed by atoms with van der Waals surface area (Å²) in [6.07, 6.45) is 0. The third-order valence-corrected chi connectivity index (χ3v) is 3.83. The van der Waals surface area contributed by atoms with Crippen LogP contribution in [-0.4, -0.2) is 19.1 Å². The highest BCUT2D eigenvalue weighted by atomic mass is 127. The van der Waals surface area contributed by atoms with Gasteiger partial charge < -0.3 is 20.6 Å². The summed E-state index contributed by atoms with van der Waals surface area (Å²) in [7, 11) is 0. The average molecular weight is 441 g/mol. The fourth-order valence-corrected chi connectivity index (χ4v) is 2.86. The lowest BCUT2D eigenvalue weighted by Gasteiger charge is -2.15. The van der Waals surface area contributed by atoms with Crippen LogP contribution < -0.4 is 26.1 Å². The summed E-state index contributed by atoms with van der Waals surface area (Å²) in [5.41, 5.74) is 13.4. The largest absolute Gasteiger partial charge is 0.490 e. The fraction of sp³-hybridized carbons (Fsp3) is 0.235. The van der Waals surface area contributed by atoms with Crippen LogP contribution in [-0.2, 0) is 11.3 Å². The molecule has 24 heavy (non-hydrogen) atoms.